The van der Waals surface area contributed by atoms with Crippen LogP contribution >= 0.6 is 11.6 Å². The molecule has 1 N–H and O–H groups in total. The maximum atomic E-state index is 13.1. The Balaban J connectivity index is 1.90. The van der Waals surface area contributed by atoms with Crippen molar-refractivity contribution >= 4 is 17.5 Å². The van der Waals surface area contributed by atoms with Gasteiger partial charge >= 0.3 is 0 Å². The third-order valence-electron chi connectivity index (χ3n) is 4.95. The number of aryl methyl sites for hydroxylation is 1. The van der Waals surface area contributed by atoms with Crippen molar-refractivity contribution in [2.75, 3.05) is 6.54 Å². The summed E-state index contributed by atoms with van der Waals surface area (Å²) in [5.74, 6) is 0.327. The second-order valence-electron chi connectivity index (χ2n) is 7.50. The molecule has 1 aliphatic rings. The maximum Gasteiger partial charge on any atom is 0.273 e. The molecule has 3 aromatic rings. The lowest BCUT2D eigenvalue weighted by molar-refractivity contribution is 0.0722. The summed E-state index contributed by atoms with van der Waals surface area (Å²) in [6.45, 7) is 6.94. The Morgan fingerprint density at radius 1 is 1.15 bits per heavy atom. The molecular weight excluding hydrogens is 358 g/mol. The molecule has 4 nitrogen and oxygen atoms in total. The van der Waals surface area contributed by atoms with Crippen molar-refractivity contribution in [2.45, 2.75) is 26.8 Å². The molecule has 1 unspecified atom stereocenters. The van der Waals surface area contributed by atoms with E-state index in [-0.39, 0.29) is 11.9 Å². The van der Waals surface area contributed by atoms with E-state index >= 15 is 0 Å². The highest BCUT2D eigenvalue weighted by Crippen LogP contribution is 2.44. The van der Waals surface area contributed by atoms with Crippen molar-refractivity contribution in [3.8, 4) is 11.3 Å². The number of hydrogen-bond acceptors (Lipinski definition) is 2. The van der Waals surface area contributed by atoms with Gasteiger partial charge in [0.15, 0.2) is 0 Å². The number of H-pyrrole nitrogens is 1. The summed E-state index contributed by atoms with van der Waals surface area (Å²) in [7, 11) is 0. The molecule has 2 aromatic carbocycles. The number of halogens is 1. The van der Waals surface area contributed by atoms with Crippen molar-refractivity contribution < 1.29 is 4.79 Å². The number of fused-ring (bicyclic) bond motifs is 1. The SMILES string of the molecule is Cc1ccc(-c2n[nH]c3c2C(c2ccccc2Cl)N(CC(C)C)C3=O)cc1. The molecule has 0 fully saturated rings. The largest absolute Gasteiger partial charge is 0.326 e. The molecule has 1 aliphatic heterocycles. The zero-order valence-corrected chi connectivity index (χ0v) is 16.4. The number of hydrogen-bond donors (Lipinski definition) is 1. The monoisotopic (exact) mass is 379 g/mol. The predicted molar refractivity (Wildman–Crippen MR) is 108 cm³/mol. The zero-order chi connectivity index (χ0) is 19.1. The van der Waals surface area contributed by atoms with E-state index in [9.17, 15) is 4.79 Å². The summed E-state index contributed by atoms with van der Waals surface area (Å²) < 4.78 is 0. The number of nitrogens with one attached hydrogen (secondary N) is 1. The molecule has 0 aliphatic carbocycles. The summed E-state index contributed by atoms with van der Waals surface area (Å²) >= 11 is 6.54. The zero-order valence-electron chi connectivity index (χ0n) is 15.7. The highest BCUT2D eigenvalue weighted by atomic mass is 35.5. The molecule has 0 bridgehead atoms. The maximum absolute atomic E-state index is 13.1. The van der Waals surface area contributed by atoms with Gasteiger partial charge in [0.05, 0.1) is 11.7 Å². The lowest BCUT2D eigenvalue weighted by Crippen LogP contribution is -2.33. The first-order valence-corrected chi connectivity index (χ1v) is 9.56. The van der Waals surface area contributed by atoms with Crippen molar-refractivity contribution in [3.63, 3.8) is 0 Å². The number of aromatic nitrogens is 2. The van der Waals surface area contributed by atoms with Crippen LogP contribution in [0.1, 0.15) is 47.1 Å². The Labute approximate surface area is 164 Å². The fourth-order valence-corrected chi connectivity index (χ4v) is 3.97. The molecular formula is C22H22ClN3O. The van der Waals surface area contributed by atoms with E-state index < -0.39 is 0 Å². The number of carbonyl (C=O) groups is 1. The van der Waals surface area contributed by atoms with E-state index in [0.29, 0.717) is 23.2 Å². The quantitative estimate of drug-likeness (QED) is 0.673. The number of aromatic amines is 1. The van der Waals surface area contributed by atoms with Gasteiger partial charge in [-0.1, -0.05) is 73.5 Å². The Bertz CT molecular complexity index is 991. The van der Waals surface area contributed by atoms with Crippen LogP contribution in [0.3, 0.4) is 0 Å². The second kappa shape index (κ2) is 6.86. The highest BCUT2D eigenvalue weighted by Gasteiger charge is 2.42. The molecule has 0 saturated heterocycles. The number of rotatable bonds is 4. The number of benzene rings is 2. The highest BCUT2D eigenvalue weighted by molar-refractivity contribution is 6.31. The van der Waals surface area contributed by atoms with Gasteiger partial charge in [0.2, 0.25) is 0 Å². The predicted octanol–water partition coefficient (Wildman–Crippen LogP) is 5.24. The molecule has 4 rings (SSSR count). The van der Waals surface area contributed by atoms with Gasteiger partial charge in [-0.3, -0.25) is 9.89 Å². The first-order chi connectivity index (χ1) is 13.0. The molecule has 0 saturated carbocycles. The van der Waals surface area contributed by atoms with Crippen LogP contribution in [0, 0.1) is 12.8 Å². The minimum absolute atomic E-state index is 0.0190. The molecule has 0 radical (unpaired) electrons. The van der Waals surface area contributed by atoms with Crippen molar-refractivity contribution in [1.82, 2.24) is 15.1 Å². The van der Waals surface area contributed by atoms with Gasteiger partial charge in [-0.05, 0) is 24.5 Å². The lowest BCUT2D eigenvalue weighted by Gasteiger charge is -2.28. The number of nitrogens with zero attached hydrogens (tertiary/aromatic N) is 2. The van der Waals surface area contributed by atoms with Crippen LogP contribution in [0.15, 0.2) is 48.5 Å². The summed E-state index contributed by atoms with van der Waals surface area (Å²) in [6.07, 6.45) is 0. The first-order valence-electron chi connectivity index (χ1n) is 9.18. The average Bonchev–Trinajstić information content (AvgIpc) is 3.17. The van der Waals surface area contributed by atoms with Crippen LogP contribution < -0.4 is 0 Å². The van der Waals surface area contributed by atoms with Gasteiger partial charge in [0.1, 0.15) is 5.69 Å². The van der Waals surface area contributed by atoms with E-state index in [0.717, 1.165) is 22.4 Å². The fourth-order valence-electron chi connectivity index (χ4n) is 3.73. The Morgan fingerprint density at radius 2 is 1.85 bits per heavy atom. The summed E-state index contributed by atoms with van der Waals surface area (Å²) in [6, 6.07) is 15.7. The van der Waals surface area contributed by atoms with Gasteiger partial charge in [-0.25, -0.2) is 0 Å². The summed E-state index contributed by atoms with van der Waals surface area (Å²) in [5.41, 5.74) is 5.41. The van der Waals surface area contributed by atoms with Crippen molar-refractivity contribution in [2.24, 2.45) is 5.92 Å². The fraction of sp³-hybridized carbons (Fsp3) is 0.273. The van der Waals surface area contributed by atoms with Crippen molar-refractivity contribution in [1.29, 1.82) is 0 Å². The molecule has 1 amide bonds. The minimum Gasteiger partial charge on any atom is -0.326 e. The Kier molecular flexibility index (Phi) is 4.52. The first kappa shape index (κ1) is 17.8. The lowest BCUT2D eigenvalue weighted by atomic mass is 9.95. The van der Waals surface area contributed by atoms with E-state index in [1.165, 1.54) is 5.56 Å². The van der Waals surface area contributed by atoms with Gasteiger partial charge in [-0.2, -0.15) is 5.10 Å². The Hall–Kier alpha value is -2.59. The summed E-state index contributed by atoms with van der Waals surface area (Å²) in [4.78, 5) is 15.0. The van der Waals surface area contributed by atoms with E-state index in [1.807, 2.05) is 41.3 Å². The third-order valence-corrected chi connectivity index (χ3v) is 5.29. The third kappa shape index (κ3) is 3.04. The molecule has 2 heterocycles. The van der Waals surface area contributed by atoms with E-state index in [1.54, 1.807) is 0 Å². The van der Waals surface area contributed by atoms with Crippen LogP contribution in [0.25, 0.3) is 11.3 Å². The van der Waals surface area contributed by atoms with Crippen LogP contribution in [0.5, 0.6) is 0 Å². The second-order valence-corrected chi connectivity index (χ2v) is 7.91. The van der Waals surface area contributed by atoms with E-state index in [4.69, 9.17) is 11.6 Å². The van der Waals surface area contributed by atoms with Gasteiger partial charge in [-0.15, -0.1) is 0 Å². The van der Waals surface area contributed by atoms with Gasteiger partial charge in [0.25, 0.3) is 5.91 Å². The molecule has 1 aromatic heterocycles. The molecule has 1 atom stereocenters. The molecule has 5 heteroatoms. The van der Waals surface area contributed by atoms with E-state index in [2.05, 4.69) is 43.1 Å². The normalized spacial score (nSPS) is 16.3. The van der Waals surface area contributed by atoms with Crippen LogP contribution in [-0.4, -0.2) is 27.5 Å². The van der Waals surface area contributed by atoms with Gasteiger partial charge in [0, 0.05) is 22.7 Å². The number of amides is 1. The molecule has 138 valence electrons. The van der Waals surface area contributed by atoms with Crippen molar-refractivity contribution in [3.05, 3.63) is 75.9 Å². The van der Waals surface area contributed by atoms with Crippen LogP contribution in [-0.2, 0) is 0 Å². The van der Waals surface area contributed by atoms with Crippen LogP contribution in [0.2, 0.25) is 5.02 Å². The topological polar surface area (TPSA) is 49.0 Å². The molecule has 0 spiro atoms. The summed E-state index contributed by atoms with van der Waals surface area (Å²) in [5, 5.41) is 8.14. The standard InChI is InChI=1S/C22H22ClN3O/c1-13(2)12-26-21(16-6-4-5-7-17(16)23)18-19(24-25-20(18)22(26)27)15-10-8-14(3)9-11-15/h4-11,13,21H,12H2,1-3H3,(H,24,25). The van der Waals surface area contributed by atoms with Crippen LogP contribution in [0.4, 0.5) is 0 Å². The number of carbonyl (C=O) groups excluding carboxylic acids is 1. The molecule has 27 heavy (non-hydrogen) atoms. The Morgan fingerprint density at radius 3 is 2.52 bits per heavy atom. The van der Waals surface area contributed by atoms with Gasteiger partial charge < -0.3 is 4.90 Å². The average molecular weight is 380 g/mol. The smallest absolute Gasteiger partial charge is 0.273 e. The minimum atomic E-state index is -0.237.